The number of benzene rings is 1. The number of halogens is 1. The smallest absolute Gasteiger partial charge is 0.126 e. The number of rotatable bonds is 6. The Kier molecular flexibility index (Phi) is 5.60. The average molecular weight is 245 g/mol. The van der Waals surface area contributed by atoms with Gasteiger partial charge in [-0.05, 0) is 25.0 Å². The predicted molar refractivity (Wildman–Crippen MR) is 64.1 cm³/mol. The average Bonchev–Trinajstić information content (AvgIpc) is 2.28. The molecule has 0 saturated carbocycles. The zero-order valence-electron chi connectivity index (χ0n) is 9.57. The van der Waals surface area contributed by atoms with E-state index in [1.54, 1.807) is 32.4 Å². The minimum Gasteiger partial charge on any atom is -0.496 e. The zero-order valence-corrected chi connectivity index (χ0v) is 10.3. The van der Waals surface area contributed by atoms with Crippen molar-refractivity contribution in [2.24, 2.45) is 0 Å². The molecule has 0 aliphatic rings. The van der Waals surface area contributed by atoms with Crippen LogP contribution in [0.4, 0.5) is 0 Å². The van der Waals surface area contributed by atoms with E-state index in [1.165, 1.54) is 0 Å². The second kappa shape index (κ2) is 6.74. The molecule has 0 fully saturated rings. The molecule has 0 aliphatic heterocycles. The lowest BCUT2D eigenvalue weighted by atomic mass is 10.0. The highest BCUT2D eigenvalue weighted by Gasteiger charge is 2.16. The zero-order chi connectivity index (χ0) is 12.0. The van der Waals surface area contributed by atoms with Crippen LogP contribution in [0.3, 0.4) is 0 Å². The Hall–Kier alpha value is -0.770. The van der Waals surface area contributed by atoms with Gasteiger partial charge in [-0.1, -0.05) is 17.7 Å². The molecule has 3 nitrogen and oxygen atoms in total. The van der Waals surface area contributed by atoms with E-state index >= 15 is 0 Å². The van der Waals surface area contributed by atoms with Crippen LogP contribution in [-0.4, -0.2) is 25.9 Å². The van der Waals surface area contributed by atoms with E-state index in [4.69, 9.17) is 21.1 Å². The Morgan fingerprint density at radius 2 is 2.12 bits per heavy atom. The summed E-state index contributed by atoms with van der Waals surface area (Å²) in [5.74, 6) is 0.623. The molecule has 90 valence electrons. The molecule has 0 amide bonds. The maximum Gasteiger partial charge on any atom is 0.126 e. The molecule has 0 aromatic heterocycles. The summed E-state index contributed by atoms with van der Waals surface area (Å²) in [4.78, 5) is 0. The van der Waals surface area contributed by atoms with Crippen LogP contribution in [0, 0.1) is 0 Å². The lowest BCUT2D eigenvalue weighted by Gasteiger charge is -2.16. The molecule has 0 aliphatic carbocycles. The SMILES string of the molecule is COCCCC(O)c1c(Cl)cccc1OC. The van der Waals surface area contributed by atoms with Crippen molar-refractivity contribution in [2.45, 2.75) is 18.9 Å². The van der Waals surface area contributed by atoms with E-state index in [0.717, 1.165) is 6.42 Å². The first-order valence-corrected chi connectivity index (χ1v) is 5.58. The lowest BCUT2D eigenvalue weighted by molar-refractivity contribution is 0.134. The number of methoxy groups -OCH3 is 2. The lowest BCUT2D eigenvalue weighted by Crippen LogP contribution is -2.03. The third kappa shape index (κ3) is 3.37. The van der Waals surface area contributed by atoms with Gasteiger partial charge in [0.1, 0.15) is 5.75 Å². The summed E-state index contributed by atoms with van der Waals surface area (Å²) in [6, 6.07) is 5.34. The first kappa shape index (κ1) is 13.3. The second-order valence-electron chi connectivity index (χ2n) is 3.51. The van der Waals surface area contributed by atoms with Gasteiger partial charge in [0.15, 0.2) is 0 Å². The molecule has 1 aromatic carbocycles. The van der Waals surface area contributed by atoms with Gasteiger partial charge in [-0.2, -0.15) is 0 Å². The second-order valence-corrected chi connectivity index (χ2v) is 3.91. The van der Waals surface area contributed by atoms with Crippen molar-refractivity contribution in [3.63, 3.8) is 0 Å². The van der Waals surface area contributed by atoms with Gasteiger partial charge in [-0.3, -0.25) is 0 Å². The number of aliphatic hydroxyl groups excluding tert-OH is 1. The summed E-state index contributed by atoms with van der Waals surface area (Å²) in [6.07, 6.45) is 0.777. The van der Waals surface area contributed by atoms with Crippen LogP contribution in [0.15, 0.2) is 18.2 Å². The first-order valence-electron chi connectivity index (χ1n) is 5.20. The molecule has 0 radical (unpaired) electrons. The highest BCUT2D eigenvalue weighted by molar-refractivity contribution is 6.31. The highest BCUT2D eigenvalue weighted by atomic mass is 35.5. The van der Waals surface area contributed by atoms with Crippen LogP contribution in [-0.2, 0) is 4.74 Å². The van der Waals surface area contributed by atoms with Gasteiger partial charge < -0.3 is 14.6 Å². The van der Waals surface area contributed by atoms with Crippen LogP contribution in [0.2, 0.25) is 5.02 Å². The molecule has 16 heavy (non-hydrogen) atoms. The van der Waals surface area contributed by atoms with Crippen molar-refractivity contribution >= 4 is 11.6 Å². The fraction of sp³-hybridized carbons (Fsp3) is 0.500. The summed E-state index contributed by atoms with van der Waals surface area (Å²) >= 11 is 6.04. The van der Waals surface area contributed by atoms with Crippen LogP contribution in [0.5, 0.6) is 5.75 Å². The Morgan fingerprint density at radius 3 is 2.75 bits per heavy atom. The Balaban J connectivity index is 2.76. The maximum atomic E-state index is 10.0. The fourth-order valence-electron chi connectivity index (χ4n) is 1.58. The van der Waals surface area contributed by atoms with Gasteiger partial charge in [0.05, 0.1) is 18.2 Å². The molecule has 1 atom stereocenters. The number of hydrogen-bond acceptors (Lipinski definition) is 3. The van der Waals surface area contributed by atoms with Crippen molar-refractivity contribution in [3.05, 3.63) is 28.8 Å². The standard InChI is InChI=1S/C12H17ClO3/c1-15-8-4-6-10(14)12-9(13)5-3-7-11(12)16-2/h3,5,7,10,14H,4,6,8H2,1-2H3. The summed E-state index contributed by atoms with van der Waals surface area (Å²) in [6.45, 7) is 0.629. The van der Waals surface area contributed by atoms with Gasteiger partial charge in [-0.25, -0.2) is 0 Å². The third-order valence-electron chi connectivity index (χ3n) is 2.39. The molecule has 1 aromatic rings. The first-order chi connectivity index (χ1) is 7.70. The number of aliphatic hydroxyl groups is 1. The highest BCUT2D eigenvalue weighted by Crippen LogP contribution is 2.34. The van der Waals surface area contributed by atoms with Crippen molar-refractivity contribution in [3.8, 4) is 5.75 Å². The molecule has 1 N–H and O–H groups in total. The normalized spacial score (nSPS) is 12.5. The largest absolute Gasteiger partial charge is 0.496 e. The van der Waals surface area contributed by atoms with E-state index in [1.807, 2.05) is 0 Å². The number of ether oxygens (including phenoxy) is 2. The minimum absolute atomic E-state index is 0.532. The van der Waals surface area contributed by atoms with E-state index in [0.29, 0.717) is 29.4 Å². The van der Waals surface area contributed by atoms with Crippen molar-refractivity contribution < 1.29 is 14.6 Å². The van der Waals surface area contributed by atoms with Gasteiger partial charge in [0.25, 0.3) is 0 Å². The molecule has 1 unspecified atom stereocenters. The summed E-state index contributed by atoms with van der Waals surface area (Å²) in [7, 11) is 3.21. The van der Waals surface area contributed by atoms with E-state index < -0.39 is 6.10 Å². The molecular weight excluding hydrogens is 228 g/mol. The van der Waals surface area contributed by atoms with Crippen LogP contribution < -0.4 is 4.74 Å². The Labute approximate surface area is 101 Å². The molecule has 0 saturated heterocycles. The summed E-state index contributed by atoms with van der Waals surface area (Å²) in [5, 5.41) is 10.6. The van der Waals surface area contributed by atoms with Crippen molar-refractivity contribution in [1.82, 2.24) is 0 Å². The molecule has 0 bridgehead atoms. The van der Waals surface area contributed by atoms with Crippen LogP contribution in [0.1, 0.15) is 24.5 Å². The molecule has 0 spiro atoms. The monoisotopic (exact) mass is 244 g/mol. The van der Waals surface area contributed by atoms with Gasteiger partial charge in [0, 0.05) is 19.3 Å². The number of hydrogen-bond donors (Lipinski definition) is 1. The molecular formula is C12H17ClO3. The molecule has 4 heteroatoms. The van der Waals surface area contributed by atoms with Crippen LogP contribution in [0.25, 0.3) is 0 Å². The van der Waals surface area contributed by atoms with Crippen molar-refractivity contribution in [1.29, 1.82) is 0 Å². The molecule has 1 rings (SSSR count). The van der Waals surface area contributed by atoms with E-state index in [-0.39, 0.29) is 0 Å². The minimum atomic E-state index is -0.612. The van der Waals surface area contributed by atoms with Gasteiger partial charge in [-0.15, -0.1) is 0 Å². The summed E-state index contributed by atoms with van der Waals surface area (Å²) < 4.78 is 10.1. The summed E-state index contributed by atoms with van der Waals surface area (Å²) in [5.41, 5.74) is 0.655. The Morgan fingerprint density at radius 1 is 1.38 bits per heavy atom. The van der Waals surface area contributed by atoms with Crippen molar-refractivity contribution in [2.75, 3.05) is 20.8 Å². The third-order valence-corrected chi connectivity index (χ3v) is 2.72. The van der Waals surface area contributed by atoms with Crippen LogP contribution >= 0.6 is 11.6 Å². The van der Waals surface area contributed by atoms with Gasteiger partial charge in [0.2, 0.25) is 0 Å². The topological polar surface area (TPSA) is 38.7 Å². The molecule has 0 heterocycles. The van der Waals surface area contributed by atoms with Gasteiger partial charge >= 0.3 is 0 Å². The predicted octanol–water partition coefficient (Wildman–Crippen LogP) is 2.81. The quantitative estimate of drug-likeness (QED) is 0.782. The fourth-order valence-corrected chi connectivity index (χ4v) is 1.88. The Bertz CT molecular complexity index is 328. The maximum absolute atomic E-state index is 10.0. The van der Waals surface area contributed by atoms with E-state index in [9.17, 15) is 5.11 Å². The van der Waals surface area contributed by atoms with E-state index in [2.05, 4.69) is 0 Å².